The first-order valence-corrected chi connectivity index (χ1v) is 3.97. The van der Waals surface area contributed by atoms with Crippen LogP contribution in [0.2, 0.25) is 0 Å². The number of aromatic nitrogens is 2. The minimum Gasteiger partial charge on any atom is -0.338 e. The second-order valence-electron chi connectivity index (χ2n) is 2.78. The van der Waals surface area contributed by atoms with Gasteiger partial charge in [0.1, 0.15) is 0 Å². The van der Waals surface area contributed by atoms with E-state index in [0.717, 1.165) is 18.9 Å². The van der Waals surface area contributed by atoms with Crippen LogP contribution in [0.5, 0.6) is 0 Å². The van der Waals surface area contributed by atoms with Crippen molar-refractivity contribution in [1.29, 1.82) is 0 Å². The van der Waals surface area contributed by atoms with Gasteiger partial charge in [-0.25, -0.2) is 0 Å². The molecule has 2 heterocycles. The van der Waals surface area contributed by atoms with E-state index in [1.165, 1.54) is 19.2 Å². The highest BCUT2D eigenvalue weighted by Crippen LogP contribution is 2.19. The standard InChI is InChI=1S/C7H11N3O/c1-2-4-8-6(3-1)7-9-5-10-11-7/h5-6,8H,1-4H2. The van der Waals surface area contributed by atoms with E-state index in [4.69, 9.17) is 4.52 Å². The summed E-state index contributed by atoms with van der Waals surface area (Å²) in [6.45, 7) is 1.06. The van der Waals surface area contributed by atoms with E-state index >= 15 is 0 Å². The van der Waals surface area contributed by atoms with Crippen LogP contribution in [-0.2, 0) is 0 Å². The van der Waals surface area contributed by atoms with Crippen LogP contribution in [0.4, 0.5) is 0 Å². The molecule has 1 aromatic heterocycles. The molecule has 0 spiro atoms. The van der Waals surface area contributed by atoms with Gasteiger partial charge in [-0.3, -0.25) is 0 Å². The third kappa shape index (κ3) is 1.40. The molecule has 0 aromatic carbocycles. The van der Waals surface area contributed by atoms with Crippen LogP contribution in [0, 0.1) is 0 Å². The maximum atomic E-state index is 4.95. The summed E-state index contributed by atoms with van der Waals surface area (Å²) in [5, 5.41) is 6.90. The molecule has 11 heavy (non-hydrogen) atoms. The van der Waals surface area contributed by atoms with Gasteiger partial charge in [-0.15, -0.1) is 0 Å². The van der Waals surface area contributed by atoms with Crippen molar-refractivity contribution in [3.8, 4) is 0 Å². The van der Waals surface area contributed by atoms with Crippen LogP contribution < -0.4 is 5.32 Å². The minimum absolute atomic E-state index is 0.297. The predicted octanol–water partition coefficient (Wildman–Crippen LogP) is 0.884. The maximum Gasteiger partial charge on any atom is 0.243 e. The maximum absolute atomic E-state index is 4.95. The number of piperidine rings is 1. The Hall–Kier alpha value is -0.900. The zero-order valence-corrected chi connectivity index (χ0v) is 6.29. The first kappa shape index (κ1) is 6.79. The molecule has 4 heteroatoms. The van der Waals surface area contributed by atoms with Crippen LogP contribution in [0.25, 0.3) is 0 Å². The molecular weight excluding hydrogens is 142 g/mol. The van der Waals surface area contributed by atoms with Crippen molar-refractivity contribution in [1.82, 2.24) is 15.5 Å². The molecule has 1 saturated heterocycles. The molecular formula is C7H11N3O. The van der Waals surface area contributed by atoms with E-state index in [9.17, 15) is 0 Å². The van der Waals surface area contributed by atoms with Crippen molar-refractivity contribution < 1.29 is 4.52 Å². The zero-order valence-electron chi connectivity index (χ0n) is 6.29. The number of hydrogen-bond acceptors (Lipinski definition) is 4. The Morgan fingerprint density at radius 1 is 1.55 bits per heavy atom. The van der Waals surface area contributed by atoms with Gasteiger partial charge in [-0.05, 0) is 19.4 Å². The first-order valence-electron chi connectivity index (χ1n) is 3.97. The zero-order chi connectivity index (χ0) is 7.52. The van der Waals surface area contributed by atoms with Crippen LogP contribution >= 0.6 is 0 Å². The molecule has 2 rings (SSSR count). The molecule has 1 unspecified atom stereocenters. The lowest BCUT2D eigenvalue weighted by Gasteiger charge is -2.19. The quantitative estimate of drug-likeness (QED) is 0.650. The fourth-order valence-corrected chi connectivity index (χ4v) is 1.40. The Morgan fingerprint density at radius 3 is 3.18 bits per heavy atom. The topological polar surface area (TPSA) is 51.0 Å². The molecule has 0 amide bonds. The predicted molar refractivity (Wildman–Crippen MR) is 38.9 cm³/mol. The summed E-state index contributed by atoms with van der Waals surface area (Å²) < 4.78 is 4.95. The molecule has 1 aliphatic rings. The van der Waals surface area contributed by atoms with E-state index in [0.29, 0.717) is 6.04 Å². The van der Waals surface area contributed by atoms with Crippen LogP contribution in [0.15, 0.2) is 10.9 Å². The molecule has 1 atom stereocenters. The Kier molecular flexibility index (Phi) is 1.85. The van der Waals surface area contributed by atoms with Crippen LogP contribution in [0.1, 0.15) is 31.2 Å². The lowest BCUT2D eigenvalue weighted by molar-refractivity contribution is 0.297. The Labute approximate surface area is 65.0 Å². The summed E-state index contributed by atoms with van der Waals surface area (Å²) in [5.74, 6) is 0.727. The highest BCUT2D eigenvalue weighted by Gasteiger charge is 2.18. The third-order valence-electron chi connectivity index (χ3n) is 1.99. The highest BCUT2D eigenvalue weighted by molar-refractivity contribution is 4.88. The SMILES string of the molecule is c1noc(C2CCCCN2)n1. The normalized spacial score (nSPS) is 25.3. The van der Waals surface area contributed by atoms with Gasteiger partial charge >= 0.3 is 0 Å². The lowest BCUT2D eigenvalue weighted by atomic mass is 10.1. The van der Waals surface area contributed by atoms with E-state index in [1.807, 2.05) is 0 Å². The van der Waals surface area contributed by atoms with Crippen molar-refractivity contribution >= 4 is 0 Å². The second kappa shape index (κ2) is 3.00. The largest absolute Gasteiger partial charge is 0.338 e. The van der Waals surface area contributed by atoms with Gasteiger partial charge in [0, 0.05) is 0 Å². The monoisotopic (exact) mass is 153 g/mol. The highest BCUT2D eigenvalue weighted by atomic mass is 16.5. The Balaban J connectivity index is 2.04. The van der Waals surface area contributed by atoms with Crippen molar-refractivity contribution in [2.24, 2.45) is 0 Å². The minimum atomic E-state index is 0.297. The van der Waals surface area contributed by atoms with Gasteiger partial charge in [0.2, 0.25) is 5.89 Å². The van der Waals surface area contributed by atoms with Gasteiger partial charge in [0.15, 0.2) is 6.33 Å². The fraction of sp³-hybridized carbons (Fsp3) is 0.714. The summed E-state index contributed by atoms with van der Waals surface area (Å²) in [7, 11) is 0. The molecule has 1 fully saturated rings. The Morgan fingerprint density at radius 2 is 2.55 bits per heavy atom. The molecule has 0 aliphatic carbocycles. The van der Waals surface area contributed by atoms with Gasteiger partial charge in [0.25, 0.3) is 0 Å². The summed E-state index contributed by atoms with van der Waals surface area (Å²) in [5.41, 5.74) is 0. The molecule has 1 N–H and O–H groups in total. The number of nitrogens with one attached hydrogen (secondary N) is 1. The average Bonchev–Trinajstić information content (AvgIpc) is 2.58. The third-order valence-corrected chi connectivity index (χ3v) is 1.99. The van der Waals surface area contributed by atoms with Crippen molar-refractivity contribution in [3.05, 3.63) is 12.2 Å². The molecule has 1 aliphatic heterocycles. The van der Waals surface area contributed by atoms with Gasteiger partial charge in [-0.2, -0.15) is 4.98 Å². The van der Waals surface area contributed by atoms with Gasteiger partial charge < -0.3 is 9.84 Å². The van der Waals surface area contributed by atoms with Crippen LogP contribution in [0.3, 0.4) is 0 Å². The second-order valence-corrected chi connectivity index (χ2v) is 2.78. The Bertz CT molecular complexity index is 203. The number of rotatable bonds is 1. The average molecular weight is 153 g/mol. The van der Waals surface area contributed by atoms with Crippen LogP contribution in [-0.4, -0.2) is 16.7 Å². The fourth-order valence-electron chi connectivity index (χ4n) is 1.40. The lowest BCUT2D eigenvalue weighted by Crippen LogP contribution is -2.26. The molecule has 4 nitrogen and oxygen atoms in total. The summed E-state index contributed by atoms with van der Waals surface area (Å²) >= 11 is 0. The first-order chi connectivity index (χ1) is 5.47. The summed E-state index contributed by atoms with van der Waals surface area (Å²) in [6.07, 6.45) is 5.07. The molecule has 0 radical (unpaired) electrons. The van der Waals surface area contributed by atoms with E-state index < -0.39 is 0 Å². The van der Waals surface area contributed by atoms with Crippen molar-refractivity contribution in [2.45, 2.75) is 25.3 Å². The van der Waals surface area contributed by atoms with Crippen molar-refractivity contribution in [3.63, 3.8) is 0 Å². The van der Waals surface area contributed by atoms with E-state index in [1.54, 1.807) is 0 Å². The molecule has 0 saturated carbocycles. The molecule has 1 aromatic rings. The van der Waals surface area contributed by atoms with E-state index in [-0.39, 0.29) is 0 Å². The van der Waals surface area contributed by atoms with Gasteiger partial charge in [-0.1, -0.05) is 11.6 Å². The smallest absolute Gasteiger partial charge is 0.243 e. The van der Waals surface area contributed by atoms with Gasteiger partial charge in [0.05, 0.1) is 6.04 Å². The summed E-state index contributed by atoms with van der Waals surface area (Å²) in [4.78, 5) is 4.00. The summed E-state index contributed by atoms with van der Waals surface area (Å²) in [6, 6.07) is 0.297. The van der Waals surface area contributed by atoms with Crippen molar-refractivity contribution in [2.75, 3.05) is 6.54 Å². The molecule has 60 valence electrons. The van der Waals surface area contributed by atoms with E-state index in [2.05, 4.69) is 15.5 Å². The number of nitrogens with zero attached hydrogens (tertiary/aromatic N) is 2. The number of hydrogen-bond donors (Lipinski definition) is 1. The molecule has 0 bridgehead atoms.